The summed E-state index contributed by atoms with van der Waals surface area (Å²) in [6.45, 7) is 3.91. The molecule has 0 aromatic heterocycles. The summed E-state index contributed by atoms with van der Waals surface area (Å²) in [6, 6.07) is 7.71. The van der Waals surface area contributed by atoms with Gasteiger partial charge in [-0.05, 0) is 37.1 Å². The maximum Gasteiger partial charge on any atom is 0.0991 e. The second-order valence-corrected chi connectivity index (χ2v) is 2.97. The highest BCUT2D eigenvalue weighted by Crippen LogP contribution is 2.16. The Morgan fingerprint density at radius 2 is 2.17 bits per heavy atom. The summed E-state index contributed by atoms with van der Waals surface area (Å²) in [5.41, 5.74) is 8.61. The van der Waals surface area contributed by atoms with Crippen molar-refractivity contribution in [3.05, 3.63) is 34.9 Å². The number of benzene rings is 1. The van der Waals surface area contributed by atoms with E-state index in [2.05, 4.69) is 6.07 Å². The average molecular weight is 160 g/mol. The van der Waals surface area contributed by atoms with E-state index in [0.29, 0.717) is 5.56 Å². The van der Waals surface area contributed by atoms with Crippen LogP contribution in [0.3, 0.4) is 0 Å². The van der Waals surface area contributed by atoms with Crippen molar-refractivity contribution >= 4 is 0 Å². The Morgan fingerprint density at radius 3 is 2.58 bits per heavy atom. The topological polar surface area (TPSA) is 49.8 Å². The quantitative estimate of drug-likeness (QED) is 0.682. The first-order valence-corrected chi connectivity index (χ1v) is 3.91. The van der Waals surface area contributed by atoms with Crippen LogP contribution in [-0.2, 0) is 0 Å². The van der Waals surface area contributed by atoms with Gasteiger partial charge in [0, 0.05) is 6.04 Å². The van der Waals surface area contributed by atoms with Gasteiger partial charge >= 0.3 is 0 Å². The molecule has 1 atom stereocenters. The van der Waals surface area contributed by atoms with Crippen LogP contribution in [0.2, 0.25) is 0 Å². The molecule has 0 aliphatic rings. The maximum atomic E-state index is 8.61. The van der Waals surface area contributed by atoms with Crippen molar-refractivity contribution in [2.24, 2.45) is 5.73 Å². The van der Waals surface area contributed by atoms with E-state index in [1.807, 2.05) is 26.0 Å². The van der Waals surface area contributed by atoms with Gasteiger partial charge in [0.1, 0.15) is 0 Å². The van der Waals surface area contributed by atoms with Gasteiger partial charge in [-0.2, -0.15) is 5.26 Å². The van der Waals surface area contributed by atoms with Crippen LogP contribution < -0.4 is 5.73 Å². The lowest BCUT2D eigenvalue weighted by Gasteiger charge is -2.08. The summed E-state index contributed by atoms with van der Waals surface area (Å²) in [5, 5.41) is 8.61. The molecule has 1 aromatic rings. The van der Waals surface area contributed by atoms with E-state index in [-0.39, 0.29) is 6.04 Å². The molecule has 0 unspecified atom stereocenters. The highest BCUT2D eigenvalue weighted by atomic mass is 14.6. The summed E-state index contributed by atoms with van der Waals surface area (Å²) >= 11 is 0. The lowest BCUT2D eigenvalue weighted by atomic mass is 10.0. The molecule has 2 N–H and O–H groups in total. The average Bonchev–Trinajstić information content (AvgIpc) is 2.03. The van der Waals surface area contributed by atoms with Gasteiger partial charge < -0.3 is 5.73 Å². The molecule has 0 fully saturated rings. The summed E-state index contributed by atoms with van der Waals surface area (Å²) in [4.78, 5) is 0. The zero-order chi connectivity index (χ0) is 9.14. The Bertz CT molecular complexity index is 321. The summed E-state index contributed by atoms with van der Waals surface area (Å²) in [6.07, 6.45) is 0. The second kappa shape index (κ2) is 3.38. The third-order valence-corrected chi connectivity index (χ3v) is 1.89. The molecule has 0 heterocycles. The van der Waals surface area contributed by atoms with Crippen LogP contribution in [0.15, 0.2) is 18.2 Å². The fourth-order valence-corrected chi connectivity index (χ4v) is 1.26. The number of rotatable bonds is 1. The molecule has 0 aliphatic carbocycles. The van der Waals surface area contributed by atoms with Crippen LogP contribution in [-0.4, -0.2) is 0 Å². The smallest absolute Gasteiger partial charge is 0.0991 e. The molecule has 62 valence electrons. The van der Waals surface area contributed by atoms with Gasteiger partial charge in [-0.25, -0.2) is 0 Å². The molecule has 1 rings (SSSR count). The van der Waals surface area contributed by atoms with Crippen molar-refractivity contribution in [1.82, 2.24) is 0 Å². The molecule has 2 nitrogen and oxygen atoms in total. The van der Waals surface area contributed by atoms with Crippen molar-refractivity contribution in [1.29, 1.82) is 5.26 Å². The van der Waals surface area contributed by atoms with Crippen LogP contribution >= 0.6 is 0 Å². The van der Waals surface area contributed by atoms with Gasteiger partial charge in [0.2, 0.25) is 0 Å². The number of nitrogens with zero attached hydrogens (tertiary/aromatic N) is 1. The van der Waals surface area contributed by atoms with E-state index in [9.17, 15) is 0 Å². The Morgan fingerprint density at radius 1 is 1.50 bits per heavy atom. The molecule has 0 amide bonds. The number of hydrogen-bond acceptors (Lipinski definition) is 2. The van der Waals surface area contributed by atoms with Gasteiger partial charge in [-0.15, -0.1) is 0 Å². The molecule has 0 aliphatic heterocycles. The number of aryl methyl sites for hydroxylation is 1. The first-order valence-electron chi connectivity index (χ1n) is 3.91. The summed E-state index contributed by atoms with van der Waals surface area (Å²) < 4.78 is 0. The Hall–Kier alpha value is -1.33. The molecule has 0 spiro atoms. The largest absolute Gasteiger partial charge is 0.324 e. The van der Waals surface area contributed by atoms with Gasteiger partial charge in [-0.1, -0.05) is 6.07 Å². The van der Waals surface area contributed by atoms with Crippen LogP contribution in [0.5, 0.6) is 0 Å². The third-order valence-electron chi connectivity index (χ3n) is 1.89. The van der Waals surface area contributed by atoms with Crippen LogP contribution in [0, 0.1) is 18.3 Å². The number of hydrogen-bond donors (Lipinski definition) is 1. The van der Waals surface area contributed by atoms with Crippen molar-refractivity contribution in [3.63, 3.8) is 0 Å². The van der Waals surface area contributed by atoms with Crippen LogP contribution in [0.1, 0.15) is 29.7 Å². The first kappa shape index (κ1) is 8.76. The van der Waals surface area contributed by atoms with Crippen molar-refractivity contribution in [2.45, 2.75) is 19.9 Å². The lowest BCUT2D eigenvalue weighted by molar-refractivity contribution is 0.810. The Labute approximate surface area is 72.6 Å². The number of nitrogens with two attached hydrogens (primary N) is 1. The van der Waals surface area contributed by atoms with Crippen LogP contribution in [0.25, 0.3) is 0 Å². The predicted octanol–water partition coefficient (Wildman–Crippen LogP) is 1.89. The van der Waals surface area contributed by atoms with Gasteiger partial charge in [0.15, 0.2) is 0 Å². The molecular formula is C10H12N2. The van der Waals surface area contributed by atoms with Gasteiger partial charge in [0.05, 0.1) is 11.6 Å². The highest BCUT2D eigenvalue weighted by Gasteiger charge is 2.03. The molecular weight excluding hydrogens is 148 g/mol. The molecule has 12 heavy (non-hydrogen) atoms. The fraction of sp³-hybridized carbons (Fsp3) is 0.300. The van der Waals surface area contributed by atoms with Crippen molar-refractivity contribution < 1.29 is 0 Å². The first-order chi connectivity index (χ1) is 5.65. The monoisotopic (exact) mass is 160 g/mol. The Kier molecular flexibility index (Phi) is 2.47. The number of nitriles is 1. The molecule has 0 saturated carbocycles. The van der Waals surface area contributed by atoms with Crippen LogP contribution in [0.4, 0.5) is 0 Å². The highest BCUT2D eigenvalue weighted by molar-refractivity contribution is 5.38. The molecule has 0 bridgehead atoms. The zero-order valence-corrected chi connectivity index (χ0v) is 7.33. The Balaban J connectivity index is 3.14. The molecule has 1 aromatic carbocycles. The minimum Gasteiger partial charge on any atom is -0.324 e. The zero-order valence-electron chi connectivity index (χ0n) is 7.33. The summed E-state index contributed by atoms with van der Waals surface area (Å²) in [5.74, 6) is 0. The maximum absolute atomic E-state index is 8.61. The van der Waals surface area contributed by atoms with Gasteiger partial charge in [0.25, 0.3) is 0 Å². The molecule has 2 heteroatoms. The lowest BCUT2D eigenvalue weighted by Crippen LogP contribution is -2.06. The van der Waals surface area contributed by atoms with E-state index in [4.69, 9.17) is 11.0 Å². The van der Waals surface area contributed by atoms with E-state index in [1.54, 1.807) is 6.07 Å². The fourth-order valence-electron chi connectivity index (χ4n) is 1.26. The second-order valence-electron chi connectivity index (χ2n) is 2.97. The summed E-state index contributed by atoms with van der Waals surface area (Å²) in [7, 11) is 0. The molecule has 0 radical (unpaired) electrons. The van der Waals surface area contributed by atoms with E-state index in [1.165, 1.54) is 0 Å². The standard InChI is InChI=1S/C10H12N2/c1-7-5-9(6-11)3-4-10(7)8(2)12/h3-5,8H,12H2,1-2H3/t8-/m1/s1. The van der Waals surface area contributed by atoms with Crippen molar-refractivity contribution in [2.75, 3.05) is 0 Å². The van der Waals surface area contributed by atoms with E-state index >= 15 is 0 Å². The van der Waals surface area contributed by atoms with Gasteiger partial charge in [-0.3, -0.25) is 0 Å². The minimum absolute atomic E-state index is 0.0396. The van der Waals surface area contributed by atoms with E-state index in [0.717, 1.165) is 11.1 Å². The predicted molar refractivity (Wildman–Crippen MR) is 48.5 cm³/mol. The van der Waals surface area contributed by atoms with Crippen molar-refractivity contribution in [3.8, 4) is 6.07 Å². The van der Waals surface area contributed by atoms with E-state index < -0.39 is 0 Å². The third kappa shape index (κ3) is 1.63. The minimum atomic E-state index is 0.0396. The SMILES string of the molecule is Cc1cc(C#N)ccc1[C@@H](C)N. The molecule has 0 saturated heterocycles. The normalized spacial score (nSPS) is 12.2.